The number of aromatic amines is 1. The molecule has 160 valence electrons. The van der Waals surface area contributed by atoms with E-state index in [1.807, 2.05) is 24.3 Å². The number of aromatic nitrogens is 1. The van der Waals surface area contributed by atoms with Crippen molar-refractivity contribution in [2.45, 2.75) is 32.2 Å². The summed E-state index contributed by atoms with van der Waals surface area (Å²) in [5.41, 5.74) is -1.29. The van der Waals surface area contributed by atoms with Crippen molar-refractivity contribution in [3.63, 3.8) is 0 Å². The highest BCUT2D eigenvalue weighted by atomic mass is 19.4. The van der Waals surface area contributed by atoms with Gasteiger partial charge in [0, 0.05) is 29.6 Å². The Labute approximate surface area is 168 Å². The topological polar surface area (TPSA) is 44.9 Å². The quantitative estimate of drug-likeness (QED) is 0.503. The van der Waals surface area contributed by atoms with Crippen molar-refractivity contribution in [1.82, 2.24) is 10.3 Å². The maximum atomic E-state index is 12.9. The summed E-state index contributed by atoms with van der Waals surface area (Å²) >= 11 is 0. The number of carbonyl (C=O) groups is 1. The number of rotatable bonds is 5. The summed E-state index contributed by atoms with van der Waals surface area (Å²) in [6.45, 7) is 1.20. The fourth-order valence-corrected chi connectivity index (χ4v) is 3.21. The molecule has 1 amide bonds. The number of hydrogen-bond acceptors (Lipinski definition) is 1. The van der Waals surface area contributed by atoms with Crippen molar-refractivity contribution in [2.75, 3.05) is 0 Å². The van der Waals surface area contributed by atoms with E-state index in [1.165, 1.54) is 0 Å². The molecule has 30 heavy (non-hydrogen) atoms. The Morgan fingerprint density at radius 2 is 1.60 bits per heavy atom. The van der Waals surface area contributed by atoms with Crippen LogP contribution in [-0.4, -0.2) is 10.9 Å². The molecule has 1 unspecified atom stereocenters. The monoisotopic (exact) mass is 428 g/mol. The number of nitrogens with one attached hydrogen (secondary N) is 2. The Kier molecular flexibility index (Phi) is 5.83. The van der Waals surface area contributed by atoms with E-state index in [0.717, 1.165) is 16.5 Å². The molecule has 0 radical (unpaired) electrons. The lowest BCUT2D eigenvalue weighted by Gasteiger charge is -2.16. The lowest BCUT2D eigenvalue weighted by atomic mass is 9.99. The molecule has 3 nitrogen and oxygen atoms in total. The van der Waals surface area contributed by atoms with Gasteiger partial charge in [-0.2, -0.15) is 26.3 Å². The Morgan fingerprint density at radius 1 is 1.00 bits per heavy atom. The van der Waals surface area contributed by atoms with Gasteiger partial charge in [0.2, 0.25) is 5.91 Å². The van der Waals surface area contributed by atoms with Crippen LogP contribution in [0.25, 0.3) is 10.9 Å². The minimum Gasteiger partial charge on any atom is -0.361 e. The molecular formula is C21H18F6N2O. The summed E-state index contributed by atoms with van der Waals surface area (Å²) in [6.07, 6.45) is -7.71. The second-order valence-corrected chi connectivity index (χ2v) is 7.10. The number of amides is 1. The third-order valence-electron chi connectivity index (χ3n) is 4.76. The fraction of sp³-hybridized carbons (Fsp3) is 0.286. The lowest BCUT2D eigenvalue weighted by Crippen LogP contribution is -2.30. The van der Waals surface area contributed by atoms with Gasteiger partial charge in [0.1, 0.15) is 0 Å². The molecule has 1 heterocycles. The molecule has 0 saturated carbocycles. The van der Waals surface area contributed by atoms with Gasteiger partial charge in [0.05, 0.1) is 11.1 Å². The first-order valence-electron chi connectivity index (χ1n) is 9.06. The van der Waals surface area contributed by atoms with Crippen LogP contribution in [-0.2, 0) is 30.1 Å². The van der Waals surface area contributed by atoms with Crippen LogP contribution in [0.15, 0.2) is 48.7 Å². The van der Waals surface area contributed by atoms with Crippen LogP contribution >= 0.6 is 0 Å². The molecule has 1 aromatic heterocycles. The van der Waals surface area contributed by atoms with Gasteiger partial charge in [-0.25, -0.2) is 0 Å². The number of carbonyl (C=O) groups excluding carboxylic acids is 1. The van der Waals surface area contributed by atoms with Crippen LogP contribution in [0.3, 0.4) is 0 Å². The van der Waals surface area contributed by atoms with E-state index in [2.05, 4.69) is 10.3 Å². The summed E-state index contributed by atoms with van der Waals surface area (Å²) in [6, 6.07) is 8.78. The molecule has 0 aliphatic heterocycles. The molecule has 3 aromatic rings. The normalized spacial score (nSPS) is 13.4. The Morgan fingerprint density at radius 3 is 2.20 bits per heavy atom. The van der Waals surface area contributed by atoms with E-state index >= 15 is 0 Å². The summed E-state index contributed by atoms with van der Waals surface area (Å²) in [5, 5.41) is 3.38. The minimum atomic E-state index is -4.93. The molecule has 0 aliphatic carbocycles. The van der Waals surface area contributed by atoms with Crippen LogP contribution < -0.4 is 5.32 Å². The third kappa shape index (κ3) is 4.95. The first kappa shape index (κ1) is 21.7. The first-order valence-corrected chi connectivity index (χ1v) is 9.06. The molecule has 2 N–H and O–H groups in total. The second kappa shape index (κ2) is 8.04. The van der Waals surface area contributed by atoms with Crippen molar-refractivity contribution in [3.05, 3.63) is 70.9 Å². The van der Waals surface area contributed by atoms with Gasteiger partial charge in [0.25, 0.3) is 0 Å². The molecule has 0 saturated heterocycles. The van der Waals surface area contributed by atoms with E-state index < -0.39 is 41.8 Å². The molecule has 2 aromatic carbocycles. The zero-order valence-electron chi connectivity index (χ0n) is 15.8. The van der Waals surface area contributed by atoms with E-state index in [9.17, 15) is 31.1 Å². The number of fused-ring (bicyclic) bond motifs is 1. The minimum absolute atomic E-state index is 0.0605. The predicted octanol–water partition coefficient (Wildman–Crippen LogP) is 5.70. The summed E-state index contributed by atoms with van der Waals surface area (Å²) in [4.78, 5) is 15.5. The largest absolute Gasteiger partial charge is 0.416 e. The second-order valence-electron chi connectivity index (χ2n) is 7.10. The van der Waals surface area contributed by atoms with Crippen molar-refractivity contribution in [1.29, 1.82) is 0 Å². The van der Waals surface area contributed by atoms with E-state index in [0.29, 0.717) is 18.6 Å². The molecule has 0 fully saturated rings. The number of alkyl halides is 6. The van der Waals surface area contributed by atoms with Crippen molar-refractivity contribution >= 4 is 16.8 Å². The molecule has 0 spiro atoms. The number of para-hydroxylation sites is 1. The average molecular weight is 428 g/mol. The highest BCUT2D eigenvalue weighted by Gasteiger charge is 2.36. The first-order chi connectivity index (χ1) is 13.9. The fourth-order valence-electron chi connectivity index (χ4n) is 3.21. The highest BCUT2D eigenvalue weighted by Crippen LogP contribution is 2.36. The molecule has 1 atom stereocenters. The van der Waals surface area contributed by atoms with E-state index in [4.69, 9.17) is 0 Å². The maximum Gasteiger partial charge on any atom is 0.416 e. The van der Waals surface area contributed by atoms with Gasteiger partial charge < -0.3 is 10.3 Å². The Hall–Kier alpha value is -2.97. The van der Waals surface area contributed by atoms with Crippen LogP contribution in [0.4, 0.5) is 26.3 Å². The van der Waals surface area contributed by atoms with Gasteiger partial charge in [-0.05, 0) is 41.8 Å². The van der Waals surface area contributed by atoms with E-state index in [-0.39, 0.29) is 11.6 Å². The van der Waals surface area contributed by atoms with Crippen LogP contribution in [0, 0.1) is 5.92 Å². The number of halogens is 6. The maximum absolute atomic E-state index is 12.9. The molecule has 0 bridgehead atoms. The number of benzene rings is 2. The SMILES string of the molecule is CC(Cc1c[nH]c2ccccc12)C(=O)NCc1cc(C(F)(F)F)cc(C(F)(F)F)c1. The standard InChI is InChI=1S/C21H18F6N2O/c1-12(6-14-11-28-18-5-3-2-4-17(14)18)19(30)29-10-13-7-15(20(22,23)24)9-16(8-13)21(25,26)27/h2-5,7-9,11-12,28H,6,10H2,1H3,(H,29,30). The van der Waals surface area contributed by atoms with Gasteiger partial charge in [-0.3, -0.25) is 4.79 Å². The predicted molar refractivity (Wildman–Crippen MR) is 99.5 cm³/mol. The van der Waals surface area contributed by atoms with Crippen molar-refractivity contribution in [3.8, 4) is 0 Å². The van der Waals surface area contributed by atoms with Gasteiger partial charge in [0.15, 0.2) is 0 Å². The molecular weight excluding hydrogens is 410 g/mol. The molecule has 0 aliphatic rings. The summed E-state index contributed by atoms with van der Waals surface area (Å²) in [7, 11) is 0. The van der Waals surface area contributed by atoms with E-state index in [1.54, 1.807) is 13.1 Å². The van der Waals surface area contributed by atoms with Crippen molar-refractivity contribution in [2.24, 2.45) is 5.92 Å². The summed E-state index contributed by atoms with van der Waals surface area (Å²) < 4.78 is 77.7. The zero-order valence-corrected chi connectivity index (χ0v) is 15.8. The lowest BCUT2D eigenvalue weighted by molar-refractivity contribution is -0.143. The zero-order chi connectivity index (χ0) is 22.1. The smallest absolute Gasteiger partial charge is 0.361 e. The van der Waals surface area contributed by atoms with Crippen LogP contribution in [0.1, 0.15) is 29.2 Å². The Balaban J connectivity index is 1.71. The van der Waals surface area contributed by atoms with Gasteiger partial charge in [-0.15, -0.1) is 0 Å². The van der Waals surface area contributed by atoms with Crippen molar-refractivity contribution < 1.29 is 31.1 Å². The number of H-pyrrole nitrogens is 1. The van der Waals surface area contributed by atoms with Gasteiger partial charge >= 0.3 is 12.4 Å². The summed E-state index contributed by atoms with van der Waals surface area (Å²) in [5.74, 6) is -0.997. The molecule has 3 rings (SSSR count). The third-order valence-corrected chi connectivity index (χ3v) is 4.76. The van der Waals surface area contributed by atoms with Crippen LogP contribution in [0.5, 0.6) is 0 Å². The van der Waals surface area contributed by atoms with Crippen LogP contribution in [0.2, 0.25) is 0 Å². The highest BCUT2D eigenvalue weighted by molar-refractivity contribution is 5.84. The molecule has 9 heteroatoms. The average Bonchev–Trinajstić information content (AvgIpc) is 3.07. The Bertz CT molecular complexity index is 1020. The van der Waals surface area contributed by atoms with Gasteiger partial charge in [-0.1, -0.05) is 25.1 Å². The number of hydrogen-bond donors (Lipinski definition) is 2.